The molecule has 1 aliphatic heterocycles. The van der Waals surface area contributed by atoms with Gasteiger partial charge in [-0.05, 0) is 18.6 Å². The minimum atomic E-state index is -0.311. The Balaban J connectivity index is 0.00000225. The van der Waals surface area contributed by atoms with E-state index < -0.39 is 0 Å². The summed E-state index contributed by atoms with van der Waals surface area (Å²) in [6.45, 7) is 3.24. The first-order valence-electron chi connectivity index (χ1n) is 8.19. The molecule has 1 N–H and O–H groups in total. The van der Waals surface area contributed by atoms with Crippen molar-refractivity contribution in [2.24, 2.45) is 13.0 Å². The highest BCUT2D eigenvalue weighted by atomic mass is 35.5. The second-order valence-corrected chi connectivity index (χ2v) is 6.47. The Labute approximate surface area is 153 Å². The summed E-state index contributed by atoms with van der Waals surface area (Å²) in [5.74, 6) is -0.308. The van der Waals surface area contributed by atoms with Crippen LogP contribution in [-0.2, 0) is 11.8 Å². The van der Waals surface area contributed by atoms with Crippen LogP contribution in [0, 0.1) is 11.7 Å². The van der Waals surface area contributed by atoms with Crippen LogP contribution in [0.5, 0.6) is 0 Å². The highest BCUT2D eigenvalue weighted by Gasteiger charge is 2.37. The maximum Gasteiger partial charge on any atom is 0.227 e. The number of hydrogen-bond donors (Lipinski definition) is 1. The predicted molar refractivity (Wildman–Crippen MR) is 97.1 cm³/mol. The fraction of sp³-hybridized carbons (Fsp3) is 0.444. The molecule has 0 bridgehead atoms. The highest BCUT2D eigenvalue weighted by molar-refractivity contribution is 5.85. The molecule has 1 aliphatic rings. The van der Waals surface area contributed by atoms with E-state index >= 15 is 0 Å². The largest absolute Gasteiger partial charge is 0.339 e. The Hall–Kier alpha value is -1.92. The molecule has 3 rings (SSSR count). The zero-order valence-corrected chi connectivity index (χ0v) is 15.5. The first-order valence-corrected chi connectivity index (χ1v) is 8.19. The molecule has 0 spiro atoms. The molecule has 1 aromatic heterocycles. The molecule has 7 heteroatoms. The van der Waals surface area contributed by atoms with E-state index in [1.807, 2.05) is 26.4 Å². The average molecular weight is 367 g/mol. The number of rotatable bonds is 4. The third-order valence-corrected chi connectivity index (χ3v) is 4.97. The Bertz CT molecular complexity index is 735. The fourth-order valence-electron chi connectivity index (χ4n) is 3.40. The zero-order valence-electron chi connectivity index (χ0n) is 14.6. The number of hydrogen-bond acceptors (Lipinski definition) is 3. The lowest BCUT2D eigenvalue weighted by Crippen LogP contribution is -2.38. The van der Waals surface area contributed by atoms with Crippen LogP contribution < -0.4 is 5.32 Å². The third kappa shape index (κ3) is 3.85. The van der Waals surface area contributed by atoms with Gasteiger partial charge in [0.15, 0.2) is 0 Å². The van der Waals surface area contributed by atoms with Gasteiger partial charge in [0.2, 0.25) is 5.91 Å². The fourth-order valence-corrected chi connectivity index (χ4v) is 3.40. The second kappa shape index (κ2) is 7.97. The van der Waals surface area contributed by atoms with Gasteiger partial charge in [0.25, 0.3) is 0 Å². The monoisotopic (exact) mass is 366 g/mol. The van der Waals surface area contributed by atoms with Gasteiger partial charge in [0.1, 0.15) is 5.82 Å². The number of benzene rings is 1. The topological polar surface area (TPSA) is 50.2 Å². The number of carbonyl (C=O) groups excluding carboxylic acids is 1. The van der Waals surface area contributed by atoms with Crippen molar-refractivity contribution in [2.45, 2.75) is 18.9 Å². The van der Waals surface area contributed by atoms with E-state index in [9.17, 15) is 9.18 Å². The smallest absolute Gasteiger partial charge is 0.227 e. The van der Waals surface area contributed by atoms with Crippen LogP contribution in [0.4, 0.5) is 4.39 Å². The van der Waals surface area contributed by atoms with Gasteiger partial charge in [0, 0.05) is 44.9 Å². The van der Waals surface area contributed by atoms with E-state index in [0.29, 0.717) is 12.1 Å². The van der Waals surface area contributed by atoms with Gasteiger partial charge in [-0.25, -0.2) is 4.39 Å². The average Bonchev–Trinajstić information content (AvgIpc) is 3.21. The van der Waals surface area contributed by atoms with Crippen LogP contribution in [0.3, 0.4) is 0 Å². The zero-order chi connectivity index (χ0) is 17.3. The molecule has 3 atom stereocenters. The number of aromatic nitrogens is 2. The van der Waals surface area contributed by atoms with Gasteiger partial charge in [-0.1, -0.05) is 18.2 Å². The van der Waals surface area contributed by atoms with Gasteiger partial charge in [-0.2, -0.15) is 5.10 Å². The molecule has 0 radical (unpaired) electrons. The van der Waals surface area contributed by atoms with E-state index in [-0.39, 0.29) is 42.0 Å². The Kier molecular flexibility index (Phi) is 6.19. The molecule has 5 nitrogen and oxygen atoms in total. The van der Waals surface area contributed by atoms with Crippen LogP contribution >= 0.6 is 12.4 Å². The molecule has 0 aliphatic carbocycles. The van der Waals surface area contributed by atoms with Crippen LogP contribution in [-0.4, -0.2) is 40.7 Å². The standard InChI is InChI=1S/C18H23FN4O.ClH/c1-12(14-6-4-5-7-17(14)19)23(3)18(24)16-10-20-9-15(16)13-8-21-22(2)11-13;/h4-8,11-12,15-16,20H,9-10H2,1-3H3;1H/t12?,15-,16+;/m1./s1. The molecule has 25 heavy (non-hydrogen) atoms. The summed E-state index contributed by atoms with van der Waals surface area (Å²) in [6.07, 6.45) is 3.77. The van der Waals surface area contributed by atoms with Crippen molar-refractivity contribution in [3.63, 3.8) is 0 Å². The van der Waals surface area contributed by atoms with Gasteiger partial charge >= 0.3 is 0 Å². The first-order chi connectivity index (χ1) is 11.5. The molecular weight excluding hydrogens is 343 g/mol. The number of halogens is 2. The van der Waals surface area contributed by atoms with E-state index in [1.165, 1.54) is 6.07 Å². The SMILES string of the molecule is CC(c1ccccc1F)N(C)C(=O)[C@H]1CNC[C@@H]1c1cnn(C)c1.Cl. The molecule has 1 aromatic carbocycles. The van der Waals surface area contributed by atoms with E-state index in [2.05, 4.69) is 10.4 Å². The van der Waals surface area contributed by atoms with Crippen molar-refractivity contribution >= 4 is 18.3 Å². The minimum absolute atomic E-state index is 0. The lowest BCUT2D eigenvalue weighted by Gasteiger charge is -2.29. The third-order valence-electron chi connectivity index (χ3n) is 4.97. The summed E-state index contributed by atoms with van der Waals surface area (Å²) in [5.41, 5.74) is 1.60. The van der Waals surface area contributed by atoms with Crippen LogP contribution in [0.25, 0.3) is 0 Å². The number of amides is 1. The number of carbonyl (C=O) groups is 1. The Morgan fingerprint density at radius 1 is 1.40 bits per heavy atom. The van der Waals surface area contributed by atoms with Crippen molar-refractivity contribution in [1.29, 1.82) is 0 Å². The summed E-state index contributed by atoms with van der Waals surface area (Å²) in [7, 11) is 3.62. The Morgan fingerprint density at radius 3 is 2.76 bits per heavy atom. The van der Waals surface area contributed by atoms with Gasteiger partial charge < -0.3 is 10.2 Å². The van der Waals surface area contributed by atoms with Gasteiger partial charge in [0.05, 0.1) is 18.2 Å². The second-order valence-electron chi connectivity index (χ2n) is 6.47. The van der Waals surface area contributed by atoms with Crippen molar-refractivity contribution in [3.8, 4) is 0 Å². The van der Waals surface area contributed by atoms with Crippen molar-refractivity contribution < 1.29 is 9.18 Å². The first kappa shape index (κ1) is 19.4. The molecule has 1 fully saturated rings. The van der Waals surface area contributed by atoms with E-state index in [4.69, 9.17) is 0 Å². The number of nitrogens with one attached hydrogen (secondary N) is 1. The molecule has 2 aromatic rings. The predicted octanol–water partition coefficient (Wildman–Crippen LogP) is 2.50. The minimum Gasteiger partial charge on any atom is -0.339 e. The Morgan fingerprint density at radius 2 is 2.12 bits per heavy atom. The van der Waals surface area contributed by atoms with E-state index in [0.717, 1.165) is 12.1 Å². The molecule has 1 amide bonds. The highest BCUT2D eigenvalue weighted by Crippen LogP contribution is 2.31. The van der Waals surface area contributed by atoms with Crippen LogP contribution in [0.1, 0.15) is 30.0 Å². The molecule has 136 valence electrons. The molecule has 1 unspecified atom stereocenters. The summed E-state index contributed by atoms with van der Waals surface area (Å²) in [4.78, 5) is 14.7. The summed E-state index contributed by atoms with van der Waals surface area (Å²) in [5, 5.41) is 7.51. The van der Waals surface area contributed by atoms with Crippen molar-refractivity contribution in [3.05, 3.63) is 53.6 Å². The van der Waals surface area contributed by atoms with E-state index in [1.54, 1.807) is 34.8 Å². The van der Waals surface area contributed by atoms with Gasteiger partial charge in [-0.15, -0.1) is 12.4 Å². The summed E-state index contributed by atoms with van der Waals surface area (Å²) in [6, 6.07) is 6.30. The van der Waals surface area contributed by atoms with Gasteiger partial charge in [-0.3, -0.25) is 9.48 Å². The summed E-state index contributed by atoms with van der Waals surface area (Å²) >= 11 is 0. The normalized spacial score (nSPS) is 20.8. The lowest BCUT2D eigenvalue weighted by atomic mass is 9.89. The summed E-state index contributed by atoms with van der Waals surface area (Å²) < 4.78 is 15.8. The van der Waals surface area contributed by atoms with Crippen LogP contribution in [0.2, 0.25) is 0 Å². The molecule has 1 saturated heterocycles. The molecule has 0 saturated carbocycles. The van der Waals surface area contributed by atoms with Crippen molar-refractivity contribution in [2.75, 3.05) is 20.1 Å². The maximum absolute atomic E-state index is 14.0. The maximum atomic E-state index is 14.0. The molecule has 2 heterocycles. The lowest BCUT2D eigenvalue weighted by molar-refractivity contribution is -0.136. The number of aryl methyl sites for hydroxylation is 1. The quantitative estimate of drug-likeness (QED) is 0.904. The van der Waals surface area contributed by atoms with Crippen molar-refractivity contribution in [1.82, 2.24) is 20.0 Å². The van der Waals surface area contributed by atoms with Crippen LogP contribution in [0.15, 0.2) is 36.7 Å². The number of nitrogens with zero attached hydrogens (tertiary/aromatic N) is 3. The molecular formula is C18H24ClFN4O.